The number of carbonyl (C=O) groups is 1. The molecule has 1 rings (SSSR count). The Hall–Kier alpha value is -1.99. The molecule has 19 heavy (non-hydrogen) atoms. The molecule has 1 aromatic rings. The SMILES string of the molecule is C#CCNC(=O)C(C)NCc1cccc(OCC)c1. The van der Waals surface area contributed by atoms with Crippen molar-refractivity contribution < 1.29 is 9.53 Å². The van der Waals surface area contributed by atoms with Crippen LogP contribution in [-0.2, 0) is 11.3 Å². The summed E-state index contributed by atoms with van der Waals surface area (Å²) in [6.07, 6.45) is 5.09. The molecule has 0 aliphatic rings. The maximum atomic E-state index is 11.6. The van der Waals surface area contributed by atoms with Crippen molar-refractivity contribution in [1.29, 1.82) is 0 Å². The van der Waals surface area contributed by atoms with Crippen molar-refractivity contribution in [3.8, 4) is 18.1 Å². The molecule has 0 saturated heterocycles. The van der Waals surface area contributed by atoms with Crippen LogP contribution in [0.15, 0.2) is 24.3 Å². The number of ether oxygens (including phenoxy) is 1. The zero-order valence-corrected chi connectivity index (χ0v) is 11.4. The van der Waals surface area contributed by atoms with Crippen molar-refractivity contribution in [2.24, 2.45) is 0 Å². The first-order valence-electron chi connectivity index (χ1n) is 6.33. The number of benzene rings is 1. The molecule has 0 aliphatic heterocycles. The largest absolute Gasteiger partial charge is 0.494 e. The summed E-state index contributed by atoms with van der Waals surface area (Å²) in [4.78, 5) is 11.6. The van der Waals surface area contributed by atoms with Crippen molar-refractivity contribution in [1.82, 2.24) is 10.6 Å². The minimum atomic E-state index is -0.288. The molecular formula is C15H20N2O2. The molecule has 0 radical (unpaired) electrons. The highest BCUT2D eigenvalue weighted by atomic mass is 16.5. The van der Waals surface area contributed by atoms with E-state index >= 15 is 0 Å². The molecule has 1 unspecified atom stereocenters. The Morgan fingerprint density at radius 1 is 1.53 bits per heavy atom. The van der Waals surface area contributed by atoms with Crippen LogP contribution in [-0.4, -0.2) is 25.1 Å². The Balaban J connectivity index is 2.45. The van der Waals surface area contributed by atoms with Gasteiger partial charge in [-0.1, -0.05) is 18.1 Å². The van der Waals surface area contributed by atoms with Crippen molar-refractivity contribution in [2.45, 2.75) is 26.4 Å². The molecule has 0 fully saturated rings. The van der Waals surface area contributed by atoms with Crippen molar-refractivity contribution in [3.05, 3.63) is 29.8 Å². The van der Waals surface area contributed by atoms with E-state index in [9.17, 15) is 4.79 Å². The maximum absolute atomic E-state index is 11.6. The van der Waals surface area contributed by atoms with Gasteiger partial charge < -0.3 is 15.4 Å². The molecule has 4 heteroatoms. The summed E-state index contributed by atoms with van der Waals surface area (Å²) in [7, 11) is 0. The molecule has 1 aromatic carbocycles. The van der Waals surface area contributed by atoms with Crippen molar-refractivity contribution >= 4 is 5.91 Å². The lowest BCUT2D eigenvalue weighted by atomic mass is 10.2. The molecule has 2 N–H and O–H groups in total. The molecule has 0 heterocycles. The summed E-state index contributed by atoms with van der Waals surface area (Å²) in [6, 6.07) is 7.51. The van der Waals surface area contributed by atoms with Gasteiger partial charge in [0, 0.05) is 6.54 Å². The van der Waals surface area contributed by atoms with Gasteiger partial charge in [0.1, 0.15) is 5.75 Å². The summed E-state index contributed by atoms with van der Waals surface area (Å²) < 4.78 is 5.42. The number of rotatable bonds is 7. The van der Waals surface area contributed by atoms with Gasteiger partial charge in [0.2, 0.25) is 5.91 Å². The third-order valence-electron chi connectivity index (χ3n) is 2.58. The number of carbonyl (C=O) groups excluding carboxylic acids is 1. The predicted molar refractivity (Wildman–Crippen MR) is 75.8 cm³/mol. The third kappa shape index (κ3) is 5.45. The third-order valence-corrected chi connectivity index (χ3v) is 2.58. The molecule has 0 aromatic heterocycles. The number of hydrogen-bond donors (Lipinski definition) is 2. The van der Waals surface area contributed by atoms with E-state index < -0.39 is 0 Å². The second-order valence-corrected chi connectivity index (χ2v) is 4.10. The average Bonchev–Trinajstić information content (AvgIpc) is 2.43. The Bertz CT molecular complexity index is 452. The van der Waals surface area contributed by atoms with Gasteiger partial charge in [-0.05, 0) is 31.5 Å². The highest BCUT2D eigenvalue weighted by Crippen LogP contribution is 2.13. The van der Waals surface area contributed by atoms with Gasteiger partial charge in [0.15, 0.2) is 0 Å². The topological polar surface area (TPSA) is 50.4 Å². The van der Waals surface area contributed by atoms with Crippen LogP contribution in [0.3, 0.4) is 0 Å². The normalized spacial score (nSPS) is 11.4. The molecule has 102 valence electrons. The van der Waals surface area contributed by atoms with Crippen LogP contribution in [0.5, 0.6) is 5.75 Å². The Labute approximate surface area is 114 Å². The molecule has 0 bridgehead atoms. The van der Waals surface area contributed by atoms with Gasteiger partial charge >= 0.3 is 0 Å². The maximum Gasteiger partial charge on any atom is 0.237 e. The lowest BCUT2D eigenvalue weighted by Gasteiger charge is -2.13. The second-order valence-electron chi connectivity index (χ2n) is 4.10. The van der Waals surface area contributed by atoms with Gasteiger partial charge in [-0.25, -0.2) is 0 Å². The lowest BCUT2D eigenvalue weighted by Crippen LogP contribution is -2.41. The fourth-order valence-electron chi connectivity index (χ4n) is 1.57. The van der Waals surface area contributed by atoms with Crippen LogP contribution in [0.2, 0.25) is 0 Å². The van der Waals surface area contributed by atoms with E-state index in [1.165, 1.54) is 0 Å². The number of hydrogen-bond acceptors (Lipinski definition) is 3. The van der Waals surface area contributed by atoms with Crippen LogP contribution < -0.4 is 15.4 Å². The van der Waals surface area contributed by atoms with E-state index in [2.05, 4.69) is 16.6 Å². The van der Waals surface area contributed by atoms with E-state index in [1.807, 2.05) is 31.2 Å². The summed E-state index contributed by atoms with van der Waals surface area (Å²) >= 11 is 0. The number of nitrogens with one attached hydrogen (secondary N) is 2. The zero-order valence-electron chi connectivity index (χ0n) is 11.4. The smallest absolute Gasteiger partial charge is 0.237 e. The van der Waals surface area contributed by atoms with Crippen LogP contribution in [0, 0.1) is 12.3 Å². The highest BCUT2D eigenvalue weighted by Gasteiger charge is 2.10. The fourth-order valence-corrected chi connectivity index (χ4v) is 1.57. The predicted octanol–water partition coefficient (Wildman–Crippen LogP) is 1.31. The molecule has 0 spiro atoms. The van der Waals surface area contributed by atoms with Gasteiger partial charge in [-0.3, -0.25) is 4.79 Å². The first-order valence-corrected chi connectivity index (χ1v) is 6.33. The van der Waals surface area contributed by atoms with Gasteiger partial charge in [-0.15, -0.1) is 6.42 Å². The van der Waals surface area contributed by atoms with E-state index in [1.54, 1.807) is 6.92 Å². The standard InChI is InChI=1S/C15H20N2O2/c1-4-9-16-15(18)12(3)17-11-13-7-6-8-14(10-13)19-5-2/h1,6-8,10,12,17H,5,9,11H2,2-3H3,(H,16,18). The molecule has 4 nitrogen and oxygen atoms in total. The van der Waals surface area contributed by atoms with E-state index in [4.69, 9.17) is 11.2 Å². The zero-order chi connectivity index (χ0) is 14.1. The molecule has 1 amide bonds. The monoisotopic (exact) mass is 260 g/mol. The van der Waals surface area contributed by atoms with Gasteiger partial charge in [-0.2, -0.15) is 0 Å². The van der Waals surface area contributed by atoms with E-state index in [-0.39, 0.29) is 18.5 Å². The van der Waals surface area contributed by atoms with E-state index in [0.29, 0.717) is 13.2 Å². The molecular weight excluding hydrogens is 240 g/mol. The first kappa shape index (κ1) is 15.1. The summed E-state index contributed by atoms with van der Waals surface area (Å²) in [5.74, 6) is 3.11. The van der Waals surface area contributed by atoms with Crippen LogP contribution in [0.25, 0.3) is 0 Å². The summed E-state index contributed by atoms with van der Waals surface area (Å²) in [5.41, 5.74) is 1.07. The quantitative estimate of drug-likeness (QED) is 0.727. The summed E-state index contributed by atoms with van der Waals surface area (Å²) in [5, 5.41) is 5.78. The Kier molecular flexibility index (Phi) is 6.48. The molecule has 0 aliphatic carbocycles. The fraction of sp³-hybridized carbons (Fsp3) is 0.400. The van der Waals surface area contributed by atoms with E-state index in [0.717, 1.165) is 11.3 Å². The number of terminal acetylenes is 1. The molecule has 1 atom stereocenters. The van der Waals surface area contributed by atoms with Gasteiger partial charge in [0.05, 0.1) is 19.2 Å². The van der Waals surface area contributed by atoms with Crippen LogP contribution in [0.4, 0.5) is 0 Å². The second kappa shape index (κ2) is 8.17. The minimum Gasteiger partial charge on any atom is -0.494 e. The van der Waals surface area contributed by atoms with Gasteiger partial charge in [0.25, 0.3) is 0 Å². The Morgan fingerprint density at radius 2 is 2.32 bits per heavy atom. The highest BCUT2D eigenvalue weighted by molar-refractivity contribution is 5.81. The van der Waals surface area contributed by atoms with Crippen molar-refractivity contribution in [3.63, 3.8) is 0 Å². The minimum absolute atomic E-state index is 0.0982. The summed E-state index contributed by atoms with van der Waals surface area (Å²) in [6.45, 7) is 5.25. The average molecular weight is 260 g/mol. The lowest BCUT2D eigenvalue weighted by molar-refractivity contribution is -0.122. The first-order chi connectivity index (χ1) is 9.17. The molecule has 0 saturated carbocycles. The Morgan fingerprint density at radius 3 is 3.00 bits per heavy atom. The van der Waals surface area contributed by atoms with Crippen LogP contribution >= 0.6 is 0 Å². The number of amides is 1. The van der Waals surface area contributed by atoms with Crippen molar-refractivity contribution in [2.75, 3.05) is 13.2 Å². The van der Waals surface area contributed by atoms with Crippen LogP contribution in [0.1, 0.15) is 19.4 Å².